The summed E-state index contributed by atoms with van der Waals surface area (Å²) in [4.78, 5) is 10.7. The van der Waals surface area contributed by atoms with E-state index in [0.29, 0.717) is 10.1 Å². The quantitative estimate of drug-likeness (QED) is 0.535. The molecule has 0 heterocycles. The molecule has 1 nitrogen and oxygen atoms in total. The van der Waals surface area contributed by atoms with Crippen molar-refractivity contribution in [2.75, 3.05) is 0 Å². The molecule has 0 saturated heterocycles. The van der Waals surface area contributed by atoms with Crippen molar-refractivity contribution in [3.8, 4) is 0 Å². The van der Waals surface area contributed by atoms with Crippen molar-refractivity contribution in [1.82, 2.24) is 0 Å². The van der Waals surface area contributed by atoms with E-state index in [1.165, 1.54) is 13.0 Å². The van der Waals surface area contributed by atoms with Crippen LogP contribution in [0.25, 0.3) is 0 Å². The highest BCUT2D eigenvalue weighted by Crippen LogP contribution is 2.08. The molecule has 0 radical (unpaired) electrons. The lowest BCUT2D eigenvalue weighted by Gasteiger charge is -1.92. The van der Waals surface area contributed by atoms with Crippen molar-refractivity contribution in [2.45, 2.75) is 20.8 Å². The minimum absolute atomic E-state index is 0.00407. The topological polar surface area (TPSA) is 17.1 Å². The van der Waals surface area contributed by atoms with E-state index in [2.05, 4.69) is 29.1 Å². The van der Waals surface area contributed by atoms with E-state index in [-0.39, 0.29) is 5.78 Å². The molecule has 0 unspecified atom stereocenters. The monoisotopic (exact) mass is 230 g/mol. The number of ketones is 1. The first-order valence-electron chi connectivity index (χ1n) is 3.77. The van der Waals surface area contributed by atoms with Crippen LogP contribution in [0.2, 0.25) is 0 Å². The summed E-state index contributed by atoms with van der Waals surface area (Å²) in [7, 11) is 0. The van der Waals surface area contributed by atoms with Gasteiger partial charge in [-0.25, -0.2) is 0 Å². The third kappa shape index (κ3) is 7.48. The molecular weight excluding hydrogens is 216 g/mol. The lowest BCUT2D eigenvalue weighted by molar-refractivity contribution is -0.113. The molecule has 0 fully saturated rings. The SMILES string of the molecule is C=C/C(=C\C(=C)Br)C(C)=O.CC. The van der Waals surface area contributed by atoms with Crippen molar-refractivity contribution in [3.05, 3.63) is 35.4 Å². The first-order chi connectivity index (χ1) is 5.57. The second-order valence-corrected chi connectivity index (χ2v) is 2.83. The predicted molar refractivity (Wildman–Crippen MR) is 58.4 cm³/mol. The molecule has 0 aliphatic carbocycles. The van der Waals surface area contributed by atoms with Gasteiger partial charge in [0.2, 0.25) is 0 Å². The zero-order valence-electron chi connectivity index (χ0n) is 7.86. The second kappa shape index (κ2) is 8.47. The summed E-state index contributed by atoms with van der Waals surface area (Å²) < 4.78 is 0.678. The van der Waals surface area contributed by atoms with Gasteiger partial charge in [-0.05, 0) is 13.0 Å². The van der Waals surface area contributed by atoms with Crippen LogP contribution in [0, 0.1) is 0 Å². The number of allylic oxidation sites excluding steroid dienone is 4. The maximum absolute atomic E-state index is 10.7. The summed E-state index contributed by atoms with van der Waals surface area (Å²) >= 11 is 3.11. The molecule has 0 aromatic carbocycles. The molecule has 0 N–H and O–H groups in total. The molecule has 0 aliphatic rings. The number of carbonyl (C=O) groups excluding carboxylic acids is 1. The van der Waals surface area contributed by atoms with E-state index in [1.54, 1.807) is 6.08 Å². The Hall–Kier alpha value is -0.630. The molecule has 68 valence electrons. The zero-order chi connectivity index (χ0) is 10.1. The number of halogens is 1. The molecule has 0 bridgehead atoms. The minimum Gasteiger partial charge on any atom is -0.295 e. The molecular formula is C10H15BrO. The Kier molecular flexibility index (Phi) is 9.83. The second-order valence-electron chi connectivity index (χ2n) is 1.81. The van der Waals surface area contributed by atoms with Crippen LogP contribution in [0.1, 0.15) is 20.8 Å². The average molecular weight is 231 g/mol. The number of carbonyl (C=O) groups is 1. The van der Waals surface area contributed by atoms with Crippen LogP contribution in [0.3, 0.4) is 0 Å². The molecule has 0 atom stereocenters. The van der Waals surface area contributed by atoms with Gasteiger partial charge in [-0.3, -0.25) is 4.79 Å². The summed E-state index contributed by atoms with van der Waals surface area (Å²) in [6, 6.07) is 0. The van der Waals surface area contributed by atoms with Gasteiger partial charge in [0, 0.05) is 10.1 Å². The van der Waals surface area contributed by atoms with E-state index in [1.807, 2.05) is 13.8 Å². The van der Waals surface area contributed by atoms with Gasteiger partial charge in [0.1, 0.15) is 0 Å². The number of rotatable bonds is 3. The van der Waals surface area contributed by atoms with Crippen molar-refractivity contribution >= 4 is 21.7 Å². The summed E-state index contributed by atoms with van der Waals surface area (Å²) in [6.45, 7) is 12.5. The van der Waals surface area contributed by atoms with Crippen molar-refractivity contribution < 1.29 is 4.79 Å². The highest BCUT2D eigenvalue weighted by molar-refractivity contribution is 9.11. The standard InChI is InChI=1S/C8H9BrO.C2H6/c1-4-8(7(3)10)5-6(2)9;1-2/h4-5H,1-2H2,3H3;1-2H3/b8-5+;. The lowest BCUT2D eigenvalue weighted by Crippen LogP contribution is -1.91. The Morgan fingerprint density at radius 1 is 1.42 bits per heavy atom. The fourth-order valence-corrected chi connectivity index (χ4v) is 0.720. The summed E-state index contributed by atoms with van der Waals surface area (Å²) in [5.74, 6) is -0.00407. The Morgan fingerprint density at radius 3 is 1.92 bits per heavy atom. The Labute approximate surface area is 83.0 Å². The fraction of sp³-hybridized carbons (Fsp3) is 0.300. The molecule has 0 spiro atoms. The maximum atomic E-state index is 10.7. The van der Waals surface area contributed by atoms with Gasteiger partial charge in [0.15, 0.2) is 5.78 Å². The first-order valence-corrected chi connectivity index (χ1v) is 4.56. The van der Waals surface area contributed by atoms with Crippen LogP contribution >= 0.6 is 15.9 Å². The summed E-state index contributed by atoms with van der Waals surface area (Å²) in [5, 5.41) is 0. The van der Waals surface area contributed by atoms with Gasteiger partial charge in [-0.15, -0.1) is 0 Å². The van der Waals surface area contributed by atoms with Gasteiger partial charge in [-0.1, -0.05) is 49.0 Å². The van der Waals surface area contributed by atoms with Crippen molar-refractivity contribution in [1.29, 1.82) is 0 Å². The first kappa shape index (κ1) is 13.9. The van der Waals surface area contributed by atoms with Crippen LogP contribution in [-0.2, 0) is 4.79 Å². The van der Waals surface area contributed by atoms with E-state index in [9.17, 15) is 4.79 Å². The Bertz CT molecular complexity index is 202. The Morgan fingerprint density at radius 2 is 1.83 bits per heavy atom. The van der Waals surface area contributed by atoms with E-state index in [0.717, 1.165) is 0 Å². The fourth-order valence-electron chi connectivity index (χ4n) is 0.473. The minimum atomic E-state index is -0.00407. The van der Waals surface area contributed by atoms with Crippen molar-refractivity contribution in [2.24, 2.45) is 0 Å². The highest BCUT2D eigenvalue weighted by atomic mass is 79.9. The third-order valence-electron chi connectivity index (χ3n) is 0.939. The van der Waals surface area contributed by atoms with Crippen LogP contribution in [0.5, 0.6) is 0 Å². The maximum Gasteiger partial charge on any atom is 0.159 e. The van der Waals surface area contributed by atoms with Gasteiger partial charge in [0.05, 0.1) is 0 Å². The molecule has 0 amide bonds. The molecule has 0 aliphatic heterocycles. The van der Waals surface area contributed by atoms with Crippen LogP contribution in [0.15, 0.2) is 35.4 Å². The summed E-state index contributed by atoms with van der Waals surface area (Å²) in [5.41, 5.74) is 0.571. The van der Waals surface area contributed by atoms with Crippen molar-refractivity contribution in [3.63, 3.8) is 0 Å². The van der Waals surface area contributed by atoms with Gasteiger partial charge in [0.25, 0.3) is 0 Å². The smallest absolute Gasteiger partial charge is 0.159 e. The molecule has 0 aromatic rings. The molecule has 0 aromatic heterocycles. The highest BCUT2D eigenvalue weighted by Gasteiger charge is 1.96. The molecule has 12 heavy (non-hydrogen) atoms. The van der Waals surface area contributed by atoms with Gasteiger partial charge < -0.3 is 0 Å². The van der Waals surface area contributed by atoms with E-state index < -0.39 is 0 Å². The normalized spacial score (nSPS) is 9.50. The van der Waals surface area contributed by atoms with E-state index in [4.69, 9.17) is 0 Å². The average Bonchev–Trinajstić information content (AvgIpc) is 2.03. The lowest BCUT2D eigenvalue weighted by atomic mass is 10.2. The third-order valence-corrected chi connectivity index (χ3v) is 1.17. The predicted octanol–water partition coefficient (Wildman–Crippen LogP) is 3.62. The largest absolute Gasteiger partial charge is 0.295 e. The van der Waals surface area contributed by atoms with E-state index >= 15 is 0 Å². The Balaban J connectivity index is 0. The van der Waals surface area contributed by atoms with Crippen LogP contribution in [-0.4, -0.2) is 5.78 Å². The zero-order valence-corrected chi connectivity index (χ0v) is 9.44. The molecule has 0 saturated carbocycles. The molecule has 0 rings (SSSR count). The summed E-state index contributed by atoms with van der Waals surface area (Å²) in [6.07, 6.45) is 3.14. The number of hydrogen-bond acceptors (Lipinski definition) is 1. The molecule has 2 heteroatoms. The van der Waals surface area contributed by atoms with Crippen LogP contribution in [0.4, 0.5) is 0 Å². The van der Waals surface area contributed by atoms with Gasteiger partial charge in [-0.2, -0.15) is 0 Å². The number of Topliss-reactive ketones (excluding diaryl/α,β-unsaturated/α-hetero) is 1. The number of hydrogen-bond donors (Lipinski definition) is 0. The van der Waals surface area contributed by atoms with Gasteiger partial charge >= 0.3 is 0 Å². The van der Waals surface area contributed by atoms with Crippen LogP contribution < -0.4 is 0 Å².